The van der Waals surface area contributed by atoms with Crippen LogP contribution in [0.5, 0.6) is 5.75 Å². The van der Waals surface area contributed by atoms with Crippen molar-refractivity contribution in [3.63, 3.8) is 0 Å². The standard InChI is InChI=1S/C11H11NO4S/c13-9-3-6(1-2-8(9)11(15)16)12-5-7(17)4-10(12)14/h1-3,7,13,17H,4-5H2,(H,15,16). The number of rotatable bonds is 2. The average Bonchev–Trinajstić information content (AvgIpc) is 2.57. The van der Waals surface area contributed by atoms with Crippen molar-refractivity contribution < 1.29 is 19.8 Å². The number of hydrogen-bond donors (Lipinski definition) is 3. The number of anilines is 1. The molecule has 5 nitrogen and oxygen atoms in total. The van der Waals surface area contributed by atoms with Gasteiger partial charge >= 0.3 is 5.97 Å². The zero-order chi connectivity index (χ0) is 12.6. The van der Waals surface area contributed by atoms with E-state index in [0.29, 0.717) is 18.7 Å². The molecule has 90 valence electrons. The first kappa shape index (κ1) is 11.8. The van der Waals surface area contributed by atoms with Crippen LogP contribution in [-0.2, 0) is 4.79 Å². The Morgan fingerprint density at radius 2 is 2.18 bits per heavy atom. The molecule has 1 aliphatic heterocycles. The number of benzene rings is 1. The van der Waals surface area contributed by atoms with Crippen molar-refractivity contribution >= 4 is 30.2 Å². The van der Waals surface area contributed by atoms with Crippen molar-refractivity contribution in [1.82, 2.24) is 0 Å². The van der Waals surface area contributed by atoms with Crippen molar-refractivity contribution in [2.24, 2.45) is 0 Å². The fourth-order valence-corrected chi connectivity index (χ4v) is 2.13. The lowest BCUT2D eigenvalue weighted by Crippen LogP contribution is -2.24. The van der Waals surface area contributed by atoms with Gasteiger partial charge in [0.15, 0.2) is 0 Å². The molecular weight excluding hydrogens is 242 g/mol. The highest BCUT2D eigenvalue weighted by Crippen LogP contribution is 2.28. The summed E-state index contributed by atoms with van der Waals surface area (Å²) in [5.74, 6) is -1.62. The molecule has 0 saturated carbocycles. The Morgan fingerprint density at radius 3 is 2.65 bits per heavy atom. The van der Waals surface area contributed by atoms with Crippen LogP contribution in [0.4, 0.5) is 5.69 Å². The van der Waals surface area contributed by atoms with Crippen LogP contribution < -0.4 is 4.90 Å². The molecule has 1 amide bonds. The van der Waals surface area contributed by atoms with Gasteiger partial charge in [0.05, 0.1) is 0 Å². The van der Waals surface area contributed by atoms with Gasteiger partial charge in [0.1, 0.15) is 11.3 Å². The van der Waals surface area contributed by atoms with Gasteiger partial charge in [0.25, 0.3) is 0 Å². The Kier molecular flexibility index (Phi) is 2.97. The summed E-state index contributed by atoms with van der Waals surface area (Å²) in [7, 11) is 0. The summed E-state index contributed by atoms with van der Waals surface area (Å²) in [6.45, 7) is 0.466. The molecule has 0 radical (unpaired) electrons. The van der Waals surface area contributed by atoms with Gasteiger partial charge in [-0.25, -0.2) is 4.79 Å². The van der Waals surface area contributed by atoms with Crippen LogP contribution >= 0.6 is 12.6 Å². The maximum absolute atomic E-state index is 11.6. The van der Waals surface area contributed by atoms with Gasteiger partial charge in [-0.3, -0.25) is 4.79 Å². The number of amides is 1. The minimum Gasteiger partial charge on any atom is -0.507 e. The molecule has 2 rings (SSSR count). The maximum atomic E-state index is 11.6. The quantitative estimate of drug-likeness (QED) is 0.690. The van der Waals surface area contributed by atoms with Gasteiger partial charge in [-0.1, -0.05) is 0 Å². The highest BCUT2D eigenvalue weighted by atomic mass is 32.1. The Bertz CT molecular complexity index is 488. The summed E-state index contributed by atoms with van der Waals surface area (Å²) in [6.07, 6.45) is 0.352. The normalized spacial score (nSPS) is 19.7. The van der Waals surface area contributed by atoms with Gasteiger partial charge < -0.3 is 15.1 Å². The van der Waals surface area contributed by atoms with E-state index < -0.39 is 5.97 Å². The fraction of sp³-hybridized carbons (Fsp3) is 0.273. The van der Waals surface area contributed by atoms with E-state index in [2.05, 4.69) is 12.6 Å². The summed E-state index contributed by atoms with van der Waals surface area (Å²) in [5, 5.41) is 18.3. The number of carbonyl (C=O) groups is 2. The molecule has 1 heterocycles. The third kappa shape index (κ3) is 2.21. The van der Waals surface area contributed by atoms with Gasteiger partial charge in [0, 0.05) is 30.0 Å². The zero-order valence-corrected chi connectivity index (χ0v) is 9.72. The second-order valence-electron chi connectivity index (χ2n) is 3.87. The van der Waals surface area contributed by atoms with Crippen molar-refractivity contribution in [1.29, 1.82) is 0 Å². The molecule has 1 aliphatic rings. The number of hydrogen-bond acceptors (Lipinski definition) is 4. The summed E-state index contributed by atoms with van der Waals surface area (Å²) < 4.78 is 0. The first-order valence-corrected chi connectivity index (χ1v) is 5.55. The van der Waals surface area contributed by atoms with Gasteiger partial charge in [-0.2, -0.15) is 12.6 Å². The molecule has 1 aromatic carbocycles. The molecule has 6 heteroatoms. The van der Waals surface area contributed by atoms with E-state index in [9.17, 15) is 14.7 Å². The summed E-state index contributed by atoms with van der Waals surface area (Å²) in [5.41, 5.74) is 0.317. The predicted octanol–water partition coefficient (Wildman–Crippen LogP) is 1.13. The van der Waals surface area contributed by atoms with Crippen molar-refractivity contribution in [2.45, 2.75) is 11.7 Å². The molecule has 0 aliphatic carbocycles. The largest absolute Gasteiger partial charge is 0.507 e. The van der Waals surface area contributed by atoms with Crippen LogP contribution in [0.25, 0.3) is 0 Å². The van der Waals surface area contributed by atoms with Crippen LogP contribution in [0.2, 0.25) is 0 Å². The smallest absolute Gasteiger partial charge is 0.339 e. The minimum atomic E-state index is -1.20. The minimum absolute atomic E-state index is 0.0243. The topological polar surface area (TPSA) is 77.8 Å². The number of nitrogens with zero attached hydrogens (tertiary/aromatic N) is 1. The highest BCUT2D eigenvalue weighted by molar-refractivity contribution is 7.81. The lowest BCUT2D eigenvalue weighted by atomic mass is 10.1. The predicted molar refractivity (Wildman–Crippen MR) is 64.8 cm³/mol. The third-order valence-corrected chi connectivity index (χ3v) is 2.97. The van der Waals surface area contributed by atoms with Gasteiger partial charge in [0.2, 0.25) is 5.91 Å². The monoisotopic (exact) mass is 253 g/mol. The van der Waals surface area contributed by atoms with E-state index in [0.717, 1.165) is 0 Å². The number of carboxylic acids is 1. The Balaban J connectivity index is 2.32. The molecular formula is C11H11NO4S. The second kappa shape index (κ2) is 4.29. The lowest BCUT2D eigenvalue weighted by Gasteiger charge is -2.16. The molecule has 1 atom stereocenters. The lowest BCUT2D eigenvalue weighted by molar-refractivity contribution is -0.117. The van der Waals surface area contributed by atoms with Crippen LogP contribution in [-0.4, -0.2) is 33.9 Å². The SMILES string of the molecule is O=C(O)c1ccc(N2CC(S)CC2=O)cc1O. The van der Waals surface area contributed by atoms with Crippen molar-refractivity contribution in [3.8, 4) is 5.75 Å². The Labute approximate surface area is 103 Å². The number of aromatic hydroxyl groups is 1. The maximum Gasteiger partial charge on any atom is 0.339 e. The zero-order valence-electron chi connectivity index (χ0n) is 8.83. The van der Waals surface area contributed by atoms with E-state index in [1.807, 2.05) is 0 Å². The van der Waals surface area contributed by atoms with Crippen LogP contribution in [0.1, 0.15) is 16.8 Å². The van der Waals surface area contributed by atoms with E-state index in [1.54, 1.807) is 0 Å². The van der Waals surface area contributed by atoms with Gasteiger partial charge in [-0.15, -0.1) is 0 Å². The van der Waals surface area contributed by atoms with Crippen molar-refractivity contribution in [3.05, 3.63) is 23.8 Å². The summed E-state index contributed by atoms with van der Waals surface area (Å²) in [4.78, 5) is 23.8. The Hall–Kier alpha value is -1.69. The second-order valence-corrected chi connectivity index (χ2v) is 4.60. The van der Waals surface area contributed by atoms with E-state index >= 15 is 0 Å². The molecule has 0 bridgehead atoms. The molecule has 0 aromatic heterocycles. The van der Waals surface area contributed by atoms with E-state index in [4.69, 9.17) is 5.11 Å². The molecule has 1 unspecified atom stereocenters. The van der Waals surface area contributed by atoms with Crippen LogP contribution in [0.3, 0.4) is 0 Å². The molecule has 1 saturated heterocycles. The Morgan fingerprint density at radius 1 is 1.47 bits per heavy atom. The third-order valence-electron chi connectivity index (χ3n) is 2.63. The summed E-state index contributed by atoms with van der Waals surface area (Å²) >= 11 is 4.22. The molecule has 0 spiro atoms. The number of carboxylic acid groups (broad SMARTS) is 1. The van der Waals surface area contributed by atoms with Crippen LogP contribution in [0.15, 0.2) is 18.2 Å². The number of aromatic carboxylic acids is 1. The molecule has 2 N–H and O–H groups in total. The van der Waals surface area contributed by atoms with E-state index in [-0.39, 0.29) is 22.5 Å². The molecule has 1 fully saturated rings. The van der Waals surface area contributed by atoms with Crippen molar-refractivity contribution in [2.75, 3.05) is 11.4 Å². The molecule has 17 heavy (non-hydrogen) atoms. The van der Waals surface area contributed by atoms with Crippen LogP contribution in [0, 0.1) is 0 Å². The van der Waals surface area contributed by atoms with Gasteiger partial charge in [-0.05, 0) is 12.1 Å². The first-order valence-electron chi connectivity index (χ1n) is 5.04. The van der Waals surface area contributed by atoms with E-state index in [1.165, 1.54) is 23.1 Å². The molecule has 1 aromatic rings. The first-order chi connectivity index (χ1) is 7.99. The average molecular weight is 253 g/mol. The highest BCUT2D eigenvalue weighted by Gasteiger charge is 2.28. The number of carbonyl (C=O) groups excluding carboxylic acids is 1. The number of thiol groups is 1. The number of phenols is 1. The fourth-order valence-electron chi connectivity index (χ4n) is 1.81. The summed E-state index contributed by atoms with van der Waals surface area (Å²) in [6, 6.07) is 4.08.